The van der Waals surface area contributed by atoms with Crippen LogP contribution in [-0.4, -0.2) is 32.7 Å². The van der Waals surface area contributed by atoms with E-state index in [9.17, 15) is 13.2 Å². The fraction of sp³-hybridized carbons (Fsp3) is 0.133. The van der Waals surface area contributed by atoms with Gasteiger partial charge in [0.05, 0.1) is 15.6 Å². The molecule has 2 aromatic rings. The summed E-state index contributed by atoms with van der Waals surface area (Å²) >= 11 is 14.2. The lowest BCUT2D eigenvalue weighted by atomic mass is 10.2. The Morgan fingerprint density at radius 3 is 2.38 bits per heavy atom. The van der Waals surface area contributed by atoms with E-state index in [1.54, 1.807) is 18.2 Å². The second kappa shape index (κ2) is 7.57. The molecule has 0 spiro atoms. The van der Waals surface area contributed by atoms with Crippen LogP contribution in [0.4, 0.5) is 5.69 Å². The zero-order chi connectivity index (χ0) is 18.1. The number of halogens is 3. The van der Waals surface area contributed by atoms with Crippen molar-refractivity contribution in [3.8, 4) is 0 Å². The number of carbonyl (C=O) groups is 1. The lowest BCUT2D eigenvalue weighted by Gasteiger charge is -2.15. The molecule has 0 heterocycles. The number of carbonyl (C=O) groups excluding carboxylic acids is 1. The molecule has 0 aliphatic carbocycles. The highest BCUT2D eigenvalue weighted by atomic mass is 127. The van der Waals surface area contributed by atoms with E-state index >= 15 is 0 Å². The molecular weight excluding hydrogens is 486 g/mol. The van der Waals surface area contributed by atoms with Gasteiger partial charge >= 0.3 is 0 Å². The summed E-state index contributed by atoms with van der Waals surface area (Å²) in [6.07, 6.45) is 0. The molecule has 0 radical (unpaired) electrons. The van der Waals surface area contributed by atoms with Crippen molar-refractivity contribution in [2.24, 2.45) is 0 Å². The summed E-state index contributed by atoms with van der Waals surface area (Å²) < 4.78 is 26.6. The van der Waals surface area contributed by atoms with Crippen LogP contribution >= 0.6 is 45.8 Å². The highest BCUT2D eigenvalue weighted by molar-refractivity contribution is 14.1. The minimum Gasteiger partial charge on any atom is -0.322 e. The topological polar surface area (TPSA) is 66.5 Å². The maximum absolute atomic E-state index is 12.5. The number of amides is 1. The Bertz CT molecular complexity index is 902. The van der Waals surface area contributed by atoms with Gasteiger partial charge in [0.2, 0.25) is 10.0 Å². The average molecular weight is 499 g/mol. The van der Waals surface area contributed by atoms with E-state index in [2.05, 4.69) is 27.9 Å². The van der Waals surface area contributed by atoms with Gasteiger partial charge in [0, 0.05) is 23.4 Å². The minimum absolute atomic E-state index is 0.0281. The molecule has 0 bridgehead atoms. The number of anilines is 1. The number of nitrogens with zero attached hydrogens (tertiary/aromatic N) is 1. The van der Waals surface area contributed by atoms with Crippen LogP contribution in [0.5, 0.6) is 0 Å². The Morgan fingerprint density at radius 2 is 1.79 bits per heavy atom. The van der Waals surface area contributed by atoms with Crippen LogP contribution in [0.1, 0.15) is 10.4 Å². The lowest BCUT2D eigenvalue weighted by molar-refractivity contribution is 0.102. The molecule has 0 aliphatic heterocycles. The maximum Gasteiger partial charge on any atom is 0.257 e. The summed E-state index contributed by atoms with van der Waals surface area (Å²) in [6, 6.07) is 9.61. The first-order chi connectivity index (χ1) is 11.1. The van der Waals surface area contributed by atoms with Gasteiger partial charge in [-0.3, -0.25) is 4.79 Å². The van der Waals surface area contributed by atoms with Crippen molar-refractivity contribution in [1.82, 2.24) is 4.31 Å². The van der Waals surface area contributed by atoms with Crippen molar-refractivity contribution >= 4 is 67.4 Å². The molecule has 24 heavy (non-hydrogen) atoms. The number of rotatable bonds is 4. The molecule has 2 rings (SSSR count). The molecule has 128 valence electrons. The molecule has 0 aromatic heterocycles. The quantitative estimate of drug-likeness (QED) is 0.645. The van der Waals surface area contributed by atoms with E-state index in [-0.39, 0.29) is 20.5 Å². The van der Waals surface area contributed by atoms with Gasteiger partial charge < -0.3 is 5.32 Å². The van der Waals surface area contributed by atoms with Gasteiger partial charge in [0.15, 0.2) is 0 Å². The molecule has 0 atom stereocenters. The van der Waals surface area contributed by atoms with Gasteiger partial charge in [-0.25, -0.2) is 12.7 Å². The molecule has 1 amide bonds. The molecule has 0 saturated carbocycles. The molecule has 9 heteroatoms. The standard InChI is InChI=1S/C15H13Cl2IN2O3S/c1-20(2)24(22,23)14-7-11(12(16)8-13(14)17)15(21)19-10-5-3-4-9(18)6-10/h3-8H,1-2H3,(H,19,21). The molecule has 0 fully saturated rings. The fourth-order valence-corrected chi connectivity index (χ4v) is 4.13. The largest absolute Gasteiger partial charge is 0.322 e. The van der Waals surface area contributed by atoms with Crippen LogP contribution in [0.25, 0.3) is 0 Å². The van der Waals surface area contributed by atoms with Crippen LogP contribution in [0.15, 0.2) is 41.3 Å². The summed E-state index contributed by atoms with van der Waals surface area (Å²) in [4.78, 5) is 12.3. The van der Waals surface area contributed by atoms with Crippen LogP contribution in [-0.2, 0) is 10.0 Å². The second-order valence-electron chi connectivity index (χ2n) is 5.01. The van der Waals surface area contributed by atoms with Crippen molar-refractivity contribution in [3.63, 3.8) is 0 Å². The van der Waals surface area contributed by atoms with Crippen LogP contribution in [0.3, 0.4) is 0 Å². The first-order valence-electron chi connectivity index (χ1n) is 6.61. The number of benzene rings is 2. The van der Waals surface area contributed by atoms with Crippen LogP contribution in [0.2, 0.25) is 10.0 Å². The monoisotopic (exact) mass is 498 g/mol. The first-order valence-corrected chi connectivity index (χ1v) is 9.89. The number of nitrogens with one attached hydrogen (secondary N) is 1. The molecule has 0 unspecified atom stereocenters. The van der Waals surface area contributed by atoms with Crippen molar-refractivity contribution in [2.45, 2.75) is 4.90 Å². The average Bonchev–Trinajstić information content (AvgIpc) is 2.46. The van der Waals surface area contributed by atoms with E-state index in [0.29, 0.717) is 5.69 Å². The van der Waals surface area contributed by atoms with Gasteiger partial charge in [-0.05, 0) is 52.9 Å². The third kappa shape index (κ3) is 4.20. The van der Waals surface area contributed by atoms with E-state index in [4.69, 9.17) is 23.2 Å². The van der Waals surface area contributed by atoms with Crippen LogP contribution in [0, 0.1) is 3.57 Å². The molecule has 1 N–H and O–H groups in total. The molecule has 0 saturated heterocycles. The van der Waals surface area contributed by atoms with Gasteiger partial charge in [-0.15, -0.1) is 0 Å². The van der Waals surface area contributed by atoms with Crippen LogP contribution < -0.4 is 5.32 Å². The van der Waals surface area contributed by atoms with E-state index in [0.717, 1.165) is 7.88 Å². The van der Waals surface area contributed by atoms with Gasteiger partial charge in [0.25, 0.3) is 5.91 Å². The van der Waals surface area contributed by atoms with E-state index < -0.39 is 15.9 Å². The predicted octanol–water partition coefficient (Wildman–Crippen LogP) is 4.10. The first kappa shape index (κ1) is 19.5. The number of hydrogen-bond donors (Lipinski definition) is 1. The Hall–Kier alpha value is -0.870. The van der Waals surface area contributed by atoms with Crippen molar-refractivity contribution in [1.29, 1.82) is 0 Å². The van der Waals surface area contributed by atoms with Gasteiger partial charge in [0.1, 0.15) is 4.90 Å². The predicted molar refractivity (Wildman–Crippen MR) is 104 cm³/mol. The lowest BCUT2D eigenvalue weighted by Crippen LogP contribution is -2.23. The third-order valence-corrected chi connectivity index (χ3v) is 6.37. The Labute approximate surface area is 164 Å². The summed E-state index contributed by atoms with van der Waals surface area (Å²) in [5, 5.41) is 2.72. The van der Waals surface area contributed by atoms with Gasteiger partial charge in [-0.1, -0.05) is 29.3 Å². The molecule has 5 nitrogen and oxygen atoms in total. The summed E-state index contributed by atoms with van der Waals surface area (Å²) in [5.74, 6) is -0.520. The highest BCUT2D eigenvalue weighted by Gasteiger charge is 2.24. The number of hydrogen-bond acceptors (Lipinski definition) is 3. The summed E-state index contributed by atoms with van der Waals surface area (Å²) in [7, 11) is -1.04. The zero-order valence-electron chi connectivity index (χ0n) is 12.7. The van der Waals surface area contributed by atoms with E-state index in [1.165, 1.54) is 26.2 Å². The third-order valence-electron chi connectivity index (χ3n) is 3.11. The highest BCUT2D eigenvalue weighted by Crippen LogP contribution is 2.30. The zero-order valence-corrected chi connectivity index (χ0v) is 17.2. The molecule has 0 aliphatic rings. The minimum atomic E-state index is -3.80. The van der Waals surface area contributed by atoms with E-state index in [1.807, 2.05) is 6.07 Å². The molecular formula is C15H13Cl2IN2O3S. The summed E-state index contributed by atoms with van der Waals surface area (Å²) in [5.41, 5.74) is 0.607. The molecule has 2 aromatic carbocycles. The van der Waals surface area contributed by atoms with Crippen molar-refractivity contribution in [3.05, 3.63) is 55.6 Å². The normalized spacial score (nSPS) is 11.6. The van der Waals surface area contributed by atoms with Crippen molar-refractivity contribution < 1.29 is 13.2 Å². The number of sulfonamides is 1. The smallest absolute Gasteiger partial charge is 0.257 e. The Balaban J connectivity index is 2.45. The summed E-state index contributed by atoms with van der Waals surface area (Å²) in [6.45, 7) is 0. The Kier molecular flexibility index (Phi) is 6.14. The van der Waals surface area contributed by atoms with Crippen molar-refractivity contribution in [2.75, 3.05) is 19.4 Å². The fourth-order valence-electron chi connectivity index (χ4n) is 1.86. The maximum atomic E-state index is 12.5. The van der Waals surface area contributed by atoms with Gasteiger partial charge in [-0.2, -0.15) is 0 Å². The Morgan fingerprint density at radius 1 is 1.12 bits per heavy atom. The second-order valence-corrected chi connectivity index (χ2v) is 9.19. The SMILES string of the molecule is CN(C)S(=O)(=O)c1cc(C(=O)Nc2cccc(I)c2)c(Cl)cc1Cl.